The van der Waals surface area contributed by atoms with E-state index in [4.69, 9.17) is 9.84 Å². The fraction of sp³-hybridized carbons (Fsp3) is 0.200. The lowest BCUT2D eigenvalue weighted by atomic mass is 10.2. The van der Waals surface area contributed by atoms with Crippen LogP contribution < -0.4 is 4.74 Å². The van der Waals surface area contributed by atoms with E-state index in [1.807, 2.05) is 11.4 Å². The number of rotatable bonds is 4. The van der Waals surface area contributed by atoms with Crippen LogP contribution in [-0.2, 0) is 6.61 Å². The van der Waals surface area contributed by atoms with Gasteiger partial charge in [0.25, 0.3) is 0 Å². The maximum absolute atomic E-state index is 13.4. The topological polar surface area (TPSA) is 29.5 Å². The van der Waals surface area contributed by atoms with Crippen LogP contribution >= 0.6 is 11.3 Å². The molecule has 0 bridgehead atoms. The molecule has 0 aliphatic heterocycles. The molecule has 0 spiro atoms. The maximum atomic E-state index is 13.4. The molecular formula is C15H12F2O2S. The van der Waals surface area contributed by atoms with Gasteiger partial charge in [-0.1, -0.05) is 17.9 Å². The molecule has 0 saturated carbocycles. The predicted octanol–water partition coefficient (Wildman–Crippen LogP) is 3.34. The van der Waals surface area contributed by atoms with Crippen molar-refractivity contribution in [3.63, 3.8) is 0 Å². The lowest BCUT2D eigenvalue weighted by Crippen LogP contribution is -1.99. The van der Waals surface area contributed by atoms with E-state index in [9.17, 15) is 8.78 Å². The minimum atomic E-state index is -0.727. The van der Waals surface area contributed by atoms with Crippen molar-refractivity contribution in [3.8, 4) is 17.6 Å². The van der Waals surface area contributed by atoms with Crippen molar-refractivity contribution in [1.29, 1.82) is 0 Å². The van der Waals surface area contributed by atoms with Gasteiger partial charge in [0, 0.05) is 12.0 Å². The van der Waals surface area contributed by atoms with Gasteiger partial charge in [0.2, 0.25) is 0 Å². The second-order valence-corrected chi connectivity index (χ2v) is 4.87. The molecule has 0 aliphatic carbocycles. The molecule has 0 unspecified atom stereocenters. The third-order valence-electron chi connectivity index (χ3n) is 2.47. The quantitative estimate of drug-likeness (QED) is 0.876. The lowest BCUT2D eigenvalue weighted by molar-refractivity contribution is 0.277. The highest BCUT2D eigenvalue weighted by molar-refractivity contribution is 7.10. The Kier molecular flexibility index (Phi) is 5.10. The number of benzene rings is 1. The highest BCUT2D eigenvalue weighted by Crippen LogP contribution is 2.24. The van der Waals surface area contributed by atoms with Gasteiger partial charge in [-0.15, -0.1) is 11.3 Å². The van der Waals surface area contributed by atoms with Crippen molar-refractivity contribution in [2.75, 3.05) is 6.61 Å². The number of aliphatic hydroxyl groups excluding tert-OH is 1. The highest BCUT2D eigenvalue weighted by atomic mass is 32.1. The molecule has 0 aliphatic rings. The van der Waals surface area contributed by atoms with Gasteiger partial charge in [-0.3, -0.25) is 0 Å². The molecule has 2 rings (SSSR count). The lowest BCUT2D eigenvalue weighted by Gasteiger charge is -2.07. The van der Waals surface area contributed by atoms with Gasteiger partial charge in [-0.25, -0.2) is 8.78 Å². The molecular weight excluding hydrogens is 282 g/mol. The van der Waals surface area contributed by atoms with E-state index in [1.165, 1.54) is 17.4 Å². The van der Waals surface area contributed by atoms with Gasteiger partial charge in [-0.2, -0.15) is 0 Å². The van der Waals surface area contributed by atoms with Crippen LogP contribution in [0.2, 0.25) is 0 Å². The second kappa shape index (κ2) is 7.04. The van der Waals surface area contributed by atoms with Crippen LogP contribution in [0.4, 0.5) is 8.78 Å². The van der Waals surface area contributed by atoms with Gasteiger partial charge in [0.1, 0.15) is 6.61 Å². The van der Waals surface area contributed by atoms with E-state index in [1.54, 1.807) is 0 Å². The van der Waals surface area contributed by atoms with Crippen molar-refractivity contribution >= 4 is 11.3 Å². The van der Waals surface area contributed by atoms with E-state index in [0.29, 0.717) is 6.42 Å². The third kappa shape index (κ3) is 3.56. The summed E-state index contributed by atoms with van der Waals surface area (Å²) in [6.45, 7) is 0.0576. The molecule has 1 aromatic carbocycles. The SMILES string of the molecule is OCCC#Cc1ccsc1COc1c(F)cccc1F. The summed E-state index contributed by atoms with van der Waals surface area (Å²) in [5.41, 5.74) is 0.750. The summed E-state index contributed by atoms with van der Waals surface area (Å²) in [6, 6.07) is 5.39. The molecule has 1 N–H and O–H groups in total. The first-order valence-electron chi connectivity index (χ1n) is 5.95. The third-order valence-corrected chi connectivity index (χ3v) is 3.37. The molecule has 20 heavy (non-hydrogen) atoms. The molecule has 5 heteroatoms. The number of para-hydroxylation sites is 1. The molecule has 1 aromatic heterocycles. The molecule has 0 atom stereocenters. The Balaban J connectivity index is 2.09. The summed E-state index contributed by atoms with van der Waals surface area (Å²) < 4.78 is 32.0. The normalized spacial score (nSPS) is 9.95. The van der Waals surface area contributed by atoms with E-state index >= 15 is 0 Å². The Morgan fingerprint density at radius 1 is 1.20 bits per heavy atom. The van der Waals surface area contributed by atoms with Crippen LogP contribution in [0.5, 0.6) is 5.75 Å². The largest absolute Gasteiger partial charge is 0.482 e. The zero-order valence-electron chi connectivity index (χ0n) is 10.5. The summed E-state index contributed by atoms with van der Waals surface area (Å²) in [7, 11) is 0. The molecule has 0 fully saturated rings. The number of halogens is 2. The van der Waals surface area contributed by atoms with Crippen molar-refractivity contribution in [3.05, 3.63) is 51.7 Å². The Hall–Kier alpha value is -1.90. The average Bonchev–Trinajstić information content (AvgIpc) is 2.86. The minimum absolute atomic E-state index is 0.00338. The highest BCUT2D eigenvalue weighted by Gasteiger charge is 2.11. The monoisotopic (exact) mass is 294 g/mol. The molecule has 0 saturated heterocycles. The predicted molar refractivity (Wildman–Crippen MR) is 73.6 cm³/mol. The number of aliphatic hydroxyl groups is 1. The number of hydrogen-bond donors (Lipinski definition) is 1. The molecule has 2 aromatic rings. The maximum Gasteiger partial charge on any atom is 0.191 e. The first-order valence-corrected chi connectivity index (χ1v) is 6.83. The Morgan fingerprint density at radius 3 is 2.65 bits per heavy atom. The number of thiophene rings is 1. The van der Waals surface area contributed by atoms with Crippen LogP contribution in [0.25, 0.3) is 0 Å². The zero-order valence-corrected chi connectivity index (χ0v) is 11.3. The van der Waals surface area contributed by atoms with Gasteiger partial charge < -0.3 is 9.84 Å². The minimum Gasteiger partial charge on any atom is -0.482 e. The number of ether oxygens (including phenoxy) is 1. The van der Waals surface area contributed by atoms with Gasteiger partial charge >= 0.3 is 0 Å². The van der Waals surface area contributed by atoms with Crippen LogP contribution in [0.3, 0.4) is 0 Å². The van der Waals surface area contributed by atoms with E-state index in [-0.39, 0.29) is 19.0 Å². The van der Waals surface area contributed by atoms with Crippen LogP contribution in [0, 0.1) is 23.5 Å². The van der Waals surface area contributed by atoms with E-state index in [0.717, 1.165) is 22.6 Å². The number of hydrogen-bond acceptors (Lipinski definition) is 3. The summed E-state index contributed by atoms with van der Waals surface area (Å²) in [5.74, 6) is 3.86. The van der Waals surface area contributed by atoms with Crippen molar-refractivity contribution in [1.82, 2.24) is 0 Å². The first-order chi connectivity index (χ1) is 9.72. The van der Waals surface area contributed by atoms with Gasteiger partial charge in [-0.05, 0) is 23.6 Å². The summed E-state index contributed by atoms with van der Waals surface area (Å²) in [6.07, 6.45) is 0.387. The van der Waals surface area contributed by atoms with E-state index < -0.39 is 11.6 Å². The molecule has 2 nitrogen and oxygen atoms in total. The van der Waals surface area contributed by atoms with Crippen molar-refractivity contribution < 1.29 is 18.6 Å². The summed E-state index contributed by atoms with van der Waals surface area (Å²) in [5, 5.41) is 10.5. The Morgan fingerprint density at radius 2 is 1.95 bits per heavy atom. The van der Waals surface area contributed by atoms with Crippen LogP contribution in [-0.4, -0.2) is 11.7 Å². The summed E-state index contributed by atoms with van der Waals surface area (Å²) in [4.78, 5) is 0.790. The molecule has 104 valence electrons. The molecule has 0 radical (unpaired) electrons. The molecule has 0 amide bonds. The van der Waals surface area contributed by atoms with Gasteiger partial charge in [0.15, 0.2) is 17.4 Å². The van der Waals surface area contributed by atoms with Crippen LogP contribution in [0.15, 0.2) is 29.6 Å². The Bertz CT molecular complexity index is 621. The van der Waals surface area contributed by atoms with Gasteiger partial charge in [0.05, 0.1) is 11.5 Å². The smallest absolute Gasteiger partial charge is 0.191 e. The first kappa shape index (κ1) is 14.5. The van der Waals surface area contributed by atoms with Crippen LogP contribution in [0.1, 0.15) is 16.9 Å². The van der Waals surface area contributed by atoms with E-state index in [2.05, 4.69) is 11.8 Å². The average molecular weight is 294 g/mol. The standard InChI is InChI=1S/C15H12F2O2S/c16-12-5-3-6-13(17)15(12)19-10-14-11(7-9-20-14)4-1-2-8-18/h3,5-7,9,18H,2,8,10H2. The second-order valence-electron chi connectivity index (χ2n) is 3.87. The fourth-order valence-corrected chi connectivity index (χ4v) is 2.28. The van der Waals surface area contributed by atoms with Crippen molar-refractivity contribution in [2.45, 2.75) is 13.0 Å². The summed E-state index contributed by atoms with van der Waals surface area (Å²) >= 11 is 1.40. The Labute approximate surface area is 119 Å². The zero-order chi connectivity index (χ0) is 14.4. The molecule has 1 heterocycles. The fourth-order valence-electron chi connectivity index (χ4n) is 1.54. The van der Waals surface area contributed by atoms with Crippen molar-refractivity contribution in [2.24, 2.45) is 0 Å².